The first-order valence-electron chi connectivity index (χ1n) is 11.6. The Hall–Kier alpha value is -3.59. The van der Waals surface area contributed by atoms with Crippen LogP contribution in [0.3, 0.4) is 0 Å². The molecule has 0 bridgehead atoms. The highest BCUT2D eigenvalue weighted by atomic mass is 35.5. The van der Waals surface area contributed by atoms with Crippen molar-refractivity contribution in [2.24, 2.45) is 0 Å². The Morgan fingerprint density at radius 2 is 1.89 bits per heavy atom. The molecular formula is C28H24ClN3O4S. The van der Waals surface area contributed by atoms with Gasteiger partial charge in [-0.15, -0.1) is 0 Å². The first kappa shape index (κ1) is 25.1. The van der Waals surface area contributed by atoms with E-state index in [1.165, 1.54) is 15.9 Å². The van der Waals surface area contributed by atoms with Gasteiger partial charge in [0.2, 0.25) is 0 Å². The molecule has 0 aliphatic carbocycles. The minimum Gasteiger partial charge on any atom is -0.479 e. The molecule has 37 heavy (non-hydrogen) atoms. The fourth-order valence-corrected chi connectivity index (χ4v) is 5.60. The Labute approximate surface area is 222 Å². The highest BCUT2D eigenvalue weighted by Crippen LogP contribution is 2.43. The van der Waals surface area contributed by atoms with E-state index in [4.69, 9.17) is 21.3 Å². The summed E-state index contributed by atoms with van der Waals surface area (Å²) < 4.78 is 8.30. The molecule has 5 rings (SSSR count). The molecule has 1 atom stereocenters. The van der Waals surface area contributed by atoms with Gasteiger partial charge in [-0.1, -0.05) is 35.1 Å². The van der Waals surface area contributed by atoms with Gasteiger partial charge in [0.05, 0.1) is 21.2 Å². The number of carboxylic acid groups (broad SMARTS) is 1. The molecule has 7 nitrogen and oxygen atoms in total. The van der Waals surface area contributed by atoms with Crippen LogP contribution in [0.2, 0.25) is 5.02 Å². The van der Waals surface area contributed by atoms with Crippen LogP contribution in [-0.4, -0.2) is 31.2 Å². The lowest BCUT2D eigenvalue weighted by molar-refractivity contribution is -0.160. The summed E-state index contributed by atoms with van der Waals surface area (Å²) in [6.07, 6.45) is 3.67. The third-order valence-corrected chi connectivity index (χ3v) is 7.26. The smallest absolute Gasteiger partial charge is 0.337 e. The third kappa shape index (κ3) is 4.75. The average Bonchev–Trinajstić information content (AvgIpc) is 3.25. The summed E-state index contributed by atoms with van der Waals surface area (Å²) >= 11 is 7.48. The molecule has 1 N–H and O–H groups in total. The van der Waals surface area contributed by atoms with E-state index in [1.54, 1.807) is 36.8 Å². The highest BCUT2D eigenvalue weighted by Gasteiger charge is 2.32. The molecule has 0 spiro atoms. The van der Waals surface area contributed by atoms with Crippen molar-refractivity contribution in [1.82, 2.24) is 14.5 Å². The second kappa shape index (κ2) is 9.37. The van der Waals surface area contributed by atoms with Crippen molar-refractivity contribution < 1.29 is 14.6 Å². The number of rotatable bonds is 5. The molecule has 9 heteroatoms. The van der Waals surface area contributed by atoms with Crippen LogP contribution in [0, 0.1) is 6.92 Å². The Balaban J connectivity index is 1.81. The van der Waals surface area contributed by atoms with E-state index in [9.17, 15) is 14.7 Å². The van der Waals surface area contributed by atoms with Crippen LogP contribution in [0.1, 0.15) is 38.0 Å². The molecule has 3 aromatic heterocycles. The minimum atomic E-state index is -1.21. The summed E-state index contributed by atoms with van der Waals surface area (Å²) in [5, 5.41) is 12.5. The number of aliphatic carboxylic acids is 1. The van der Waals surface area contributed by atoms with E-state index in [0.29, 0.717) is 32.2 Å². The van der Waals surface area contributed by atoms with Crippen LogP contribution < -0.4 is 5.56 Å². The number of hydrogen-bond donors (Lipinski definition) is 1. The Morgan fingerprint density at radius 3 is 2.57 bits per heavy atom. The number of carboxylic acids is 1. The Bertz CT molecular complexity index is 1720. The quantitative estimate of drug-likeness (QED) is 0.275. The molecule has 2 aromatic carbocycles. The van der Waals surface area contributed by atoms with E-state index < -0.39 is 17.7 Å². The van der Waals surface area contributed by atoms with E-state index >= 15 is 0 Å². The fourth-order valence-electron chi connectivity index (χ4n) is 4.36. The predicted molar refractivity (Wildman–Crippen MR) is 147 cm³/mol. The topological polar surface area (TPSA) is 94.3 Å². The van der Waals surface area contributed by atoms with Crippen molar-refractivity contribution in [3.05, 3.63) is 87.6 Å². The SMILES string of the molecule is Cc1cc2nc(-n3ccc4ccncc4c3=O)sc2c(-c2ccc(Cl)cc2)c1[C@H](OC(C)(C)C)C(=O)O. The summed E-state index contributed by atoms with van der Waals surface area (Å²) in [5.74, 6) is -1.09. The number of hydrogen-bond acceptors (Lipinski definition) is 6. The lowest BCUT2D eigenvalue weighted by atomic mass is 9.91. The molecule has 0 saturated carbocycles. The highest BCUT2D eigenvalue weighted by molar-refractivity contribution is 7.21. The summed E-state index contributed by atoms with van der Waals surface area (Å²) in [6.45, 7) is 7.32. The number of benzene rings is 2. The molecule has 0 unspecified atom stereocenters. The maximum atomic E-state index is 13.3. The zero-order valence-electron chi connectivity index (χ0n) is 20.7. The number of aryl methyl sites for hydroxylation is 1. The van der Waals surface area contributed by atoms with Crippen LogP contribution in [0.4, 0.5) is 0 Å². The Morgan fingerprint density at radius 1 is 1.16 bits per heavy atom. The van der Waals surface area contributed by atoms with Crippen LogP contribution >= 0.6 is 22.9 Å². The molecule has 0 fully saturated rings. The van der Waals surface area contributed by atoms with Gasteiger partial charge in [-0.25, -0.2) is 9.78 Å². The first-order chi connectivity index (χ1) is 17.5. The van der Waals surface area contributed by atoms with Crippen LogP contribution in [0.5, 0.6) is 0 Å². The molecule has 0 saturated heterocycles. The largest absolute Gasteiger partial charge is 0.479 e. The van der Waals surface area contributed by atoms with Gasteiger partial charge in [-0.05, 0) is 74.5 Å². The van der Waals surface area contributed by atoms with Gasteiger partial charge in [-0.2, -0.15) is 0 Å². The second-order valence-corrected chi connectivity index (χ2v) is 11.1. The average molecular weight is 534 g/mol. The molecule has 0 amide bonds. The molecule has 0 aliphatic rings. The maximum Gasteiger partial charge on any atom is 0.337 e. The normalized spacial score (nSPS) is 12.8. The van der Waals surface area contributed by atoms with Crippen molar-refractivity contribution in [3.8, 4) is 16.3 Å². The summed E-state index contributed by atoms with van der Waals surface area (Å²) in [4.78, 5) is 34.6. The monoisotopic (exact) mass is 533 g/mol. The molecule has 188 valence electrons. The summed E-state index contributed by atoms with van der Waals surface area (Å²) in [5.41, 5.74) is 2.47. The molecule has 5 aromatic rings. The number of fused-ring (bicyclic) bond motifs is 2. The number of carbonyl (C=O) groups is 1. The van der Waals surface area contributed by atoms with Gasteiger partial charge >= 0.3 is 5.97 Å². The van der Waals surface area contributed by atoms with Crippen molar-refractivity contribution >= 4 is 49.9 Å². The lowest BCUT2D eigenvalue weighted by Crippen LogP contribution is -2.28. The van der Waals surface area contributed by atoms with E-state index in [-0.39, 0.29) is 5.56 Å². The number of halogens is 1. The van der Waals surface area contributed by atoms with E-state index in [0.717, 1.165) is 21.2 Å². The minimum absolute atomic E-state index is 0.228. The van der Waals surface area contributed by atoms with Crippen LogP contribution in [-0.2, 0) is 9.53 Å². The zero-order valence-corrected chi connectivity index (χ0v) is 22.2. The van der Waals surface area contributed by atoms with Crippen molar-refractivity contribution in [2.75, 3.05) is 0 Å². The van der Waals surface area contributed by atoms with Gasteiger partial charge in [0.15, 0.2) is 11.2 Å². The maximum absolute atomic E-state index is 13.3. The van der Waals surface area contributed by atoms with Crippen LogP contribution in [0.25, 0.3) is 37.2 Å². The second-order valence-electron chi connectivity index (χ2n) is 9.74. The third-order valence-electron chi connectivity index (χ3n) is 5.92. The molecule has 3 heterocycles. The number of pyridine rings is 2. The summed E-state index contributed by atoms with van der Waals surface area (Å²) in [7, 11) is 0. The molecule has 0 aliphatic heterocycles. The standard InChI is InChI=1S/C28H24ClN3O4S/c1-15-13-20-24(37-27(31-20)32-12-10-16-9-11-30-14-19(16)25(32)33)22(17-5-7-18(29)8-6-17)21(15)23(26(34)35)36-28(2,3)4/h5-14,23H,1-4H3,(H,34,35)/t23-/m0/s1. The fraction of sp³-hybridized carbons (Fsp3) is 0.214. The first-order valence-corrected chi connectivity index (χ1v) is 12.8. The van der Waals surface area contributed by atoms with Crippen molar-refractivity contribution in [2.45, 2.75) is 39.4 Å². The van der Waals surface area contributed by atoms with Gasteiger partial charge in [0, 0.05) is 34.7 Å². The van der Waals surface area contributed by atoms with Gasteiger partial charge in [-0.3, -0.25) is 14.3 Å². The van der Waals surface area contributed by atoms with Gasteiger partial charge < -0.3 is 9.84 Å². The number of aromatic nitrogens is 3. The molecule has 0 radical (unpaired) electrons. The van der Waals surface area contributed by atoms with E-state index in [1.807, 2.05) is 52.0 Å². The van der Waals surface area contributed by atoms with E-state index in [2.05, 4.69) is 4.98 Å². The number of thiazole rings is 1. The van der Waals surface area contributed by atoms with Gasteiger partial charge in [0.1, 0.15) is 0 Å². The van der Waals surface area contributed by atoms with Gasteiger partial charge in [0.25, 0.3) is 5.56 Å². The van der Waals surface area contributed by atoms with Crippen molar-refractivity contribution in [3.63, 3.8) is 0 Å². The number of nitrogens with zero attached hydrogens (tertiary/aromatic N) is 3. The predicted octanol–water partition coefficient (Wildman–Crippen LogP) is 6.57. The summed E-state index contributed by atoms with van der Waals surface area (Å²) in [6, 6.07) is 12.7. The number of ether oxygens (including phenoxy) is 1. The van der Waals surface area contributed by atoms with Crippen LogP contribution in [0.15, 0.2) is 65.8 Å². The lowest BCUT2D eigenvalue weighted by Gasteiger charge is -2.28. The van der Waals surface area contributed by atoms with Crippen molar-refractivity contribution in [1.29, 1.82) is 0 Å². The Kier molecular flexibility index (Phi) is 6.35. The zero-order chi connectivity index (χ0) is 26.5. The molecular weight excluding hydrogens is 510 g/mol.